The number of carbonyl (C=O) groups is 3. The van der Waals surface area contributed by atoms with Gasteiger partial charge in [0.2, 0.25) is 11.8 Å². The predicted molar refractivity (Wildman–Crippen MR) is 122 cm³/mol. The van der Waals surface area contributed by atoms with Crippen LogP contribution in [0.5, 0.6) is 11.6 Å². The molecule has 1 saturated heterocycles. The highest BCUT2D eigenvalue weighted by Crippen LogP contribution is 2.24. The van der Waals surface area contributed by atoms with Crippen LogP contribution in [0.25, 0.3) is 0 Å². The molecule has 1 aliphatic heterocycles. The molecule has 3 aromatic rings. The zero-order valence-corrected chi connectivity index (χ0v) is 18.1. The number of pyridine rings is 1. The van der Waals surface area contributed by atoms with Gasteiger partial charge in [0.1, 0.15) is 17.6 Å². The Bertz CT molecular complexity index is 1180. The van der Waals surface area contributed by atoms with Crippen LogP contribution in [0.2, 0.25) is 5.02 Å². The maximum absolute atomic E-state index is 12.5. The lowest BCUT2D eigenvalue weighted by Crippen LogP contribution is -2.57. The second-order valence-corrected chi connectivity index (χ2v) is 7.76. The van der Waals surface area contributed by atoms with Crippen molar-refractivity contribution in [3.05, 3.63) is 83.0 Å². The number of benzene rings is 2. The van der Waals surface area contributed by atoms with Crippen molar-refractivity contribution in [2.75, 3.05) is 5.32 Å². The molecular weight excluding hydrogens is 446 g/mol. The van der Waals surface area contributed by atoms with Crippen molar-refractivity contribution in [3.63, 3.8) is 0 Å². The number of aromatic nitrogens is 1. The molecule has 33 heavy (non-hydrogen) atoms. The van der Waals surface area contributed by atoms with E-state index in [9.17, 15) is 14.4 Å². The lowest BCUT2D eigenvalue weighted by Gasteiger charge is -2.36. The van der Waals surface area contributed by atoms with Gasteiger partial charge in [-0.3, -0.25) is 19.8 Å². The molecule has 4 N–H and O–H groups in total. The van der Waals surface area contributed by atoms with Gasteiger partial charge in [-0.25, -0.2) is 9.78 Å². The predicted octanol–water partition coefficient (Wildman–Crippen LogP) is 3.51. The van der Waals surface area contributed by atoms with E-state index in [1.807, 2.05) is 12.1 Å². The van der Waals surface area contributed by atoms with Crippen molar-refractivity contribution in [2.45, 2.75) is 19.1 Å². The largest absolute Gasteiger partial charge is 0.439 e. The van der Waals surface area contributed by atoms with Crippen LogP contribution in [0, 0.1) is 0 Å². The number of urea groups is 1. The highest BCUT2D eigenvalue weighted by atomic mass is 35.5. The van der Waals surface area contributed by atoms with Gasteiger partial charge in [-0.15, -0.1) is 0 Å². The van der Waals surface area contributed by atoms with Gasteiger partial charge in [0.25, 0.3) is 5.91 Å². The Morgan fingerprint density at radius 3 is 2.55 bits per heavy atom. The van der Waals surface area contributed by atoms with Crippen LogP contribution in [-0.4, -0.2) is 33.9 Å². The third-order valence-corrected chi connectivity index (χ3v) is 5.17. The van der Waals surface area contributed by atoms with Crippen molar-refractivity contribution in [2.24, 2.45) is 5.73 Å². The van der Waals surface area contributed by atoms with Gasteiger partial charge in [-0.2, -0.15) is 0 Å². The smallest absolute Gasteiger partial charge is 0.326 e. The fourth-order valence-corrected chi connectivity index (χ4v) is 3.43. The van der Waals surface area contributed by atoms with E-state index in [4.69, 9.17) is 22.1 Å². The lowest BCUT2D eigenvalue weighted by atomic mass is 10.1. The molecule has 0 spiro atoms. The molecule has 1 aliphatic rings. The Morgan fingerprint density at radius 1 is 1.12 bits per heavy atom. The molecule has 10 heteroatoms. The third kappa shape index (κ3) is 5.58. The highest BCUT2D eigenvalue weighted by Gasteiger charge is 2.32. The molecule has 1 unspecified atom stereocenters. The first-order chi connectivity index (χ1) is 15.9. The monoisotopic (exact) mass is 465 g/mol. The van der Waals surface area contributed by atoms with E-state index in [0.717, 1.165) is 5.56 Å². The minimum absolute atomic E-state index is 0.0986. The minimum Gasteiger partial charge on any atom is -0.439 e. The van der Waals surface area contributed by atoms with E-state index in [1.54, 1.807) is 53.4 Å². The average Bonchev–Trinajstić information content (AvgIpc) is 2.79. The Morgan fingerprint density at radius 2 is 1.85 bits per heavy atom. The summed E-state index contributed by atoms with van der Waals surface area (Å²) < 4.78 is 5.67. The van der Waals surface area contributed by atoms with E-state index in [2.05, 4.69) is 15.6 Å². The molecule has 4 rings (SSSR count). The number of amides is 4. The number of primary amides is 1. The Balaban J connectivity index is 1.46. The van der Waals surface area contributed by atoms with Crippen LogP contribution in [0.4, 0.5) is 10.5 Å². The van der Waals surface area contributed by atoms with Gasteiger partial charge in [0.05, 0.1) is 6.42 Å². The van der Waals surface area contributed by atoms with Crippen molar-refractivity contribution < 1.29 is 19.1 Å². The second-order valence-electron chi connectivity index (χ2n) is 7.32. The maximum Gasteiger partial charge on any atom is 0.326 e. The van der Waals surface area contributed by atoms with Crippen LogP contribution < -0.4 is 21.1 Å². The standard InChI is InChI=1S/C23H20ClN5O4/c24-15-6-4-14(5-7-15)13-29-19(12-20(30)28-23(29)32)26-16-8-10-17(11-9-16)33-21-3-1-2-18(27-21)22(25)31/h1-11,19,26H,12-13H2,(H2,25,31)(H,28,30,32). The van der Waals surface area contributed by atoms with Crippen molar-refractivity contribution in [1.29, 1.82) is 0 Å². The van der Waals surface area contributed by atoms with Gasteiger partial charge < -0.3 is 15.8 Å². The van der Waals surface area contributed by atoms with Crippen LogP contribution in [0.1, 0.15) is 22.5 Å². The first-order valence-corrected chi connectivity index (χ1v) is 10.4. The van der Waals surface area contributed by atoms with Gasteiger partial charge in [0.15, 0.2) is 0 Å². The minimum atomic E-state index is -0.644. The summed E-state index contributed by atoms with van der Waals surface area (Å²) in [6.45, 7) is 0.303. The summed E-state index contributed by atoms with van der Waals surface area (Å²) in [5, 5.41) is 6.17. The molecule has 0 radical (unpaired) electrons. The van der Waals surface area contributed by atoms with E-state index < -0.39 is 18.1 Å². The fraction of sp³-hybridized carbons (Fsp3) is 0.130. The van der Waals surface area contributed by atoms with Crippen molar-refractivity contribution >= 4 is 35.1 Å². The van der Waals surface area contributed by atoms with Crippen LogP contribution in [0.3, 0.4) is 0 Å². The Labute approximate surface area is 194 Å². The Hall–Kier alpha value is -4.11. The molecule has 0 saturated carbocycles. The summed E-state index contributed by atoms with van der Waals surface area (Å²) in [7, 11) is 0. The Kier molecular flexibility index (Phi) is 6.41. The number of nitrogens with two attached hydrogens (primary N) is 1. The first kappa shape index (κ1) is 22.1. The van der Waals surface area contributed by atoms with E-state index in [-0.39, 0.29) is 23.9 Å². The molecule has 2 heterocycles. The van der Waals surface area contributed by atoms with Gasteiger partial charge in [-0.1, -0.05) is 29.8 Å². The topological polar surface area (TPSA) is 127 Å². The molecule has 1 atom stereocenters. The lowest BCUT2D eigenvalue weighted by molar-refractivity contribution is -0.122. The summed E-state index contributed by atoms with van der Waals surface area (Å²) in [6.07, 6.45) is -0.441. The number of carbonyl (C=O) groups excluding carboxylic acids is 3. The molecule has 2 aromatic carbocycles. The van der Waals surface area contributed by atoms with E-state index in [0.29, 0.717) is 23.0 Å². The summed E-state index contributed by atoms with van der Waals surface area (Å²) in [4.78, 5) is 41.3. The summed E-state index contributed by atoms with van der Waals surface area (Å²) in [5.41, 5.74) is 6.92. The van der Waals surface area contributed by atoms with E-state index in [1.165, 1.54) is 6.07 Å². The van der Waals surface area contributed by atoms with Crippen molar-refractivity contribution in [3.8, 4) is 11.6 Å². The number of hydrogen-bond donors (Lipinski definition) is 3. The highest BCUT2D eigenvalue weighted by molar-refractivity contribution is 6.30. The average molecular weight is 466 g/mol. The van der Waals surface area contributed by atoms with Crippen LogP contribution in [0.15, 0.2) is 66.7 Å². The normalized spacial score (nSPS) is 15.7. The van der Waals surface area contributed by atoms with Crippen LogP contribution >= 0.6 is 11.6 Å². The number of hydrogen-bond acceptors (Lipinski definition) is 6. The van der Waals surface area contributed by atoms with Gasteiger partial charge in [-0.05, 0) is 48.0 Å². The van der Waals surface area contributed by atoms with Crippen LogP contribution in [-0.2, 0) is 11.3 Å². The number of anilines is 1. The fourth-order valence-electron chi connectivity index (χ4n) is 3.31. The molecule has 9 nitrogen and oxygen atoms in total. The van der Waals surface area contributed by atoms with Gasteiger partial charge in [0, 0.05) is 23.3 Å². The number of nitrogens with one attached hydrogen (secondary N) is 2. The number of halogens is 1. The molecule has 0 aliphatic carbocycles. The second kappa shape index (κ2) is 9.58. The molecule has 1 aromatic heterocycles. The summed E-state index contributed by atoms with van der Waals surface area (Å²) in [6, 6.07) is 18.3. The number of ether oxygens (including phenoxy) is 1. The number of rotatable bonds is 7. The summed E-state index contributed by atoms with van der Waals surface area (Å²) >= 11 is 5.94. The van der Waals surface area contributed by atoms with E-state index >= 15 is 0 Å². The first-order valence-electron chi connectivity index (χ1n) is 10.0. The zero-order valence-electron chi connectivity index (χ0n) is 17.3. The zero-order chi connectivity index (χ0) is 23.4. The summed E-state index contributed by atoms with van der Waals surface area (Å²) in [5.74, 6) is -0.278. The van der Waals surface area contributed by atoms with Gasteiger partial charge >= 0.3 is 6.03 Å². The molecule has 168 valence electrons. The third-order valence-electron chi connectivity index (χ3n) is 4.91. The molecule has 4 amide bonds. The molecule has 1 fully saturated rings. The quantitative estimate of drug-likeness (QED) is 0.490. The number of imide groups is 1. The van der Waals surface area contributed by atoms with Crippen molar-refractivity contribution in [1.82, 2.24) is 15.2 Å². The maximum atomic E-state index is 12.5. The molecule has 0 bridgehead atoms. The number of nitrogens with zero attached hydrogens (tertiary/aromatic N) is 2. The molecular formula is C23H20ClN5O4. The SMILES string of the molecule is NC(=O)c1cccc(Oc2ccc(NC3CC(=O)NC(=O)N3Cc3ccc(Cl)cc3)cc2)n1.